The lowest BCUT2D eigenvalue weighted by Crippen LogP contribution is -2.45. The normalized spacial score (nSPS) is 20.0. The fourth-order valence-electron chi connectivity index (χ4n) is 3.69. The molecule has 27 heavy (non-hydrogen) atoms. The number of hydrogen-bond acceptors (Lipinski definition) is 5. The third-order valence-corrected chi connectivity index (χ3v) is 5.17. The number of nitrogens with zero attached hydrogens (tertiary/aromatic N) is 2. The van der Waals surface area contributed by atoms with Crippen LogP contribution in [0.25, 0.3) is 0 Å². The zero-order valence-electron chi connectivity index (χ0n) is 16.1. The quantitative estimate of drug-likeness (QED) is 0.806. The first-order valence-electron chi connectivity index (χ1n) is 9.42. The van der Waals surface area contributed by atoms with E-state index in [0.717, 1.165) is 5.56 Å². The summed E-state index contributed by atoms with van der Waals surface area (Å²) in [5.74, 6) is 0.543. The first kappa shape index (κ1) is 19.2. The molecule has 0 unspecified atom stereocenters. The van der Waals surface area contributed by atoms with Crippen LogP contribution in [0.1, 0.15) is 41.9 Å². The van der Waals surface area contributed by atoms with Crippen molar-refractivity contribution in [1.29, 1.82) is 0 Å². The Bertz CT molecular complexity index is 764. The maximum atomic E-state index is 13.0. The minimum absolute atomic E-state index is 0.0942. The van der Waals surface area contributed by atoms with E-state index < -0.39 is 0 Å². The average Bonchev–Trinajstić information content (AvgIpc) is 3.38. The third kappa shape index (κ3) is 4.24. The van der Waals surface area contributed by atoms with Gasteiger partial charge in [-0.05, 0) is 39.3 Å². The second kappa shape index (κ2) is 8.43. The zero-order chi connectivity index (χ0) is 19.4. The lowest BCUT2D eigenvalue weighted by molar-refractivity contribution is -0.135. The largest absolute Gasteiger partial charge is 0.472 e. The first-order valence-corrected chi connectivity index (χ1v) is 9.42. The van der Waals surface area contributed by atoms with Crippen LogP contribution < -0.4 is 5.32 Å². The Morgan fingerprint density at radius 3 is 2.63 bits per heavy atom. The molecule has 7 heteroatoms. The predicted octanol–water partition coefficient (Wildman–Crippen LogP) is 2.42. The molecule has 1 aliphatic rings. The monoisotopic (exact) mass is 373 g/mol. The number of aryl methyl sites for hydroxylation is 1. The first-order chi connectivity index (χ1) is 13.0. The van der Waals surface area contributed by atoms with Gasteiger partial charge in [0.1, 0.15) is 5.76 Å². The lowest BCUT2D eigenvalue weighted by Gasteiger charge is -2.28. The van der Waals surface area contributed by atoms with E-state index in [2.05, 4.69) is 10.2 Å². The number of furan rings is 2. The highest BCUT2D eigenvalue weighted by molar-refractivity contribution is 5.95. The van der Waals surface area contributed by atoms with Crippen molar-refractivity contribution in [3.63, 3.8) is 0 Å². The average molecular weight is 373 g/mol. The Morgan fingerprint density at radius 1 is 1.26 bits per heavy atom. The molecule has 0 saturated carbocycles. The van der Waals surface area contributed by atoms with E-state index in [9.17, 15) is 9.59 Å². The predicted molar refractivity (Wildman–Crippen MR) is 100 cm³/mol. The number of carbonyl (C=O) groups is 2. The fourth-order valence-corrected chi connectivity index (χ4v) is 3.69. The number of likely N-dealkylation sites (tertiary alicyclic amines) is 1. The maximum Gasteiger partial charge on any atom is 0.255 e. The molecule has 1 fully saturated rings. The van der Waals surface area contributed by atoms with Gasteiger partial charge in [0, 0.05) is 37.8 Å². The second-order valence-corrected chi connectivity index (χ2v) is 6.88. The van der Waals surface area contributed by atoms with Crippen molar-refractivity contribution in [2.75, 3.05) is 19.6 Å². The minimum Gasteiger partial charge on any atom is -0.472 e. The van der Waals surface area contributed by atoms with Crippen LogP contribution in [0, 0.1) is 6.92 Å². The fraction of sp³-hybridized carbons (Fsp3) is 0.500. The van der Waals surface area contributed by atoms with Gasteiger partial charge < -0.3 is 19.1 Å². The Balaban J connectivity index is 1.73. The van der Waals surface area contributed by atoms with Gasteiger partial charge in [0.15, 0.2) is 0 Å². The molecule has 3 heterocycles. The van der Waals surface area contributed by atoms with Gasteiger partial charge in [0.05, 0.1) is 30.4 Å². The lowest BCUT2D eigenvalue weighted by atomic mass is 10.1. The summed E-state index contributed by atoms with van der Waals surface area (Å²) in [5, 5.41) is 3.06. The molecule has 0 aliphatic carbocycles. The molecule has 2 atom stereocenters. The zero-order valence-corrected chi connectivity index (χ0v) is 16.1. The van der Waals surface area contributed by atoms with E-state index in [0.29, 0.717) is 43.9 Å². The second-order valence-electron chi connectivity index (χ2n) is 6.88. The SMILES string of the molecule is CCN(CC)C(=O)[C@@H]1C[C@@H](NC(=O)c2ccoc2C)CN1Cc1ccoc1. The van der Waals surface area contributed by atoms with Crippen molar-refractivity contribution in [2.45, 2.75) is 45.8 Å². The van der Waals surface area contributed by atoms with Crippen LogP contribution in [-0.2, 0) is 11.3 Å². The topological polar surface area (TPSA) is 78.9 Å². The van der Waals surface area contributed by atoms with Crippen molar-refractivity contribution in [1.82, 2.24) is 15.1 Å². The number of rotatable bonds is 7. The van der Waals surface area contributed by atoms with Gasteiger partial charge in [-0.15, -0.1) is 0 Å². The van der Waals surface area contributed by atoms with E-state index >= 15 is 0 Å². The number of hydrogen-bond donors (Lipinski definition) is 1. The molecule has 7 nitrogen and oxygen atoms in total. The molecule has 2 aromatic rings. The Morgan fingerprint density at radius 2 is 2.04 bits per heavy atom. The Labute approximate surface area is 159 Å². The summed E-state index contributed by atoms with van der Waals surface area (Å²) in [5.41, 5.74) is 1.56. The van der Waals surface area contributed by atoms with Crippen molar-refractivity contribution in [3.05, 3.63) is 47.8 Å². The summed E-state index contributed by atoms with van der Waals surface area (Å²) >= 11 is 0. The molecule has 1 saturated heterocycles. The van der Waals surface area contributed by atoms with Crippen LogP contribution in [0.3, 0.4) is 0 Å². The van der Waals surface area contributed by atoms with Gasteiger partial charge in [-0.25, -0.2) is 0 Å². The molecular weight excluding hydrogens is 346 g/mol. The van der Waals surface area contributed by atoms with Gasteiger partial charge in [-0.1, -0.05) is 0 Å². The molecule has 0 bridgehead atoms. The van der Waals surface area contributed by atoms with Crippen LogP contribution in [0.5, 0.6) is 0 Å². The standard InChI is InChI=1S/C20H27N3O4/c1-4-22(5-2)20(25)18-10-16(12-23(18)11-15-6-8-26-13-15)21-19(24)17-7-9-27-14(17)3/h6-9,13,16,18H,4-5,10-12H2,1-3H3,(H,21,24)/t16-,18+/m1/s1. The highest BCUT2D eigenvalue weighted by Gasteiger charge is 2.39. The van der Waals surface area contributed by atoms with Gasteiger partial charge in [-0.3, -0.25) is 14.5 Å². The summed E-state index contributed by atoms with van der Waals surface area (Å²) in [4.78, 5) is 29.5. The van der Waals surface area contributed by atoms with E-state index in [1.54, 1.807) is 25.5 Å². The van der Waals surface area contributed by atoms with Crippen LogP contribution in [0.2, 0.25) is 0 Å². The maximum absolute atomic E-state index is 13.0. The van der Waals surface area contributed by atoms with Crippen molar-refractivity contribution >= 4 is 11.8 Å². The molecule has 2 amide bonds. The number of likely N-dealkylation sites (N-methyl/N-ethyl adjacent to an activating group) is 1. The number of nitrogens with one attached hydrogen (secondary N) is 1. The van der Waals surface area contributed by atoms with Gasteiger partial charge >= 0.3 is 0 Å². The minimum atomic E-state index is -0.254. The van der Waals surface area contributed by atoms with Crippen LogP contribution in [-0.4, -0.2) is 53.3 Å². The molecule has 2 aromatic heterocycles. The van der Waals surface area contributed by atoms with Crippen LogP contribution >= 0.6 is 0 Å². The third-order valence-electron chi connectivity index (χ3n) is 5.17. The molecule has 0 radical (unpaired) electrons. The summed E-state index contributed by atoms with van der Waals surface area (Å²) in [7, 11) is 0. The smallest absolute Gasteiger partial charge is 0.255 e. The Kier molecular flexibility index (Phi) is 6.01. The van der Waals surface area contributed by atoms with Crippen LogP contribution in [0.15, 0.2) is 39.8 Å². The molecule has 1 aliphatic heterocycles. The molecule has 3 rings (SSSR count). The van der Waals surface area contributed by atoms with E-state index in [4.69, 9.17) is 8.83 Å². The molecule has 0 aromatic carbocycles. The Hall–Kier alpha value is -2.54. The summed E-state index contributed by atoms with van der Waals surface area (Å²) in [6.07, 6.45) is 5.43. The highest BCUT2D eigenvalue weighted by atomic mass is 16.3. The van der Waals surface area contributed by atoms with Crippen LogP contribution in [0.4, 0.5) is 0 Å². The molecule has 146 valence electrons. The molecular formula is C20H27N3O4. The van der Waals surface area contributed by atoms with Crippen molar-refractivity contribution in [2.24, 2.45) is 0 Å². The summed E-state index contributed by atoms with van der Waals surface area (Å²) in [6, 6.07) is 3.22. The van der Waals surface area contributed by atoms with E-state index in [1.807, 2.05) is 24.8 Å². The van der Waals surface area contributed by atoms with Crippen molar-refractivity contribution in [3.8, 4) is 0 Å². The van der Waals surface area contributed by atoms with Gasteiger partial charge in [0.25, 0.3) is 5.91 Å². The van der Waals surface area contributed by atoms with E-state index in [1.165, 1.54) is 6.26 Å². The van der Waals surface area contributed by atoms with Crippen molar-refractivity contribution < 1.29 is 18.4 Å². The molecule has 0 spiro atoms. The van der Waals surface area contributed by atoms with E-state index in [-0.39, 0.29) is 23.9 Å². The number of carbonyl (C=O) groups excluding carboxylic acids is 2. The van der Waals surface area contributed by atoms with Gasteiger partial charge in [-0.2, -0.15) is 0 Å². The van der Waals surface area contributed by atoms with Gasteiger partial charge in [0.2, 0.25) is 5.91 Å². The summed E-state index contributed by atoms with van der Waals surface area (Å²) in [6.45, 7) is 8.32. The molecule has 1 N–H and O–H groups in total. The highest BCUT2D eigenvalue weighted by Crippen LogP contribution is 2.23. The summed E-state index contributed by atoms with van der Waals surface area (Å²) < 4.78 is 10.4. The number of amides is 2.